The third-order valence-corrected chi connectivity index (χ3v) is 3.02. The van der Waals surface area contributed by atoms with Gasteiger partial charge < -0.3 is 14.8 Å². The minimum Gasteiger partial charge on any atom is -0.463 e. The molecule has 0 saturated carbocycles. The van der Waals surface area contributed by atoms with Gasteiger partial charge in [0.1, 0.15) is 6.61 Å². The first kappa shape index (κ1) is 12.5. The summed E-state index contributed by atoms with van der Waals surface area (Å²) in [6.07, 6.45) is 1.73. The number of carbonyl (C=O) groups is 1. The third kappa shape index (κ3) is 3.18. The Balaban J connectivity index is 2.31. The van der Waals surface area contributed by atoms with E-state index in [1.165, 1.54) is 0 Å². The molecule has 0 radical (unpaired) electrons. The van der Waals surface area contributed by atoms with Gasteiger partial charge in [0.15, 0.2) is 0 Å². The van der Waals surface area contributed by atoms with Crippen LogP contribution in [0.4, 0.5) is 0 Å². The molecule has 1 saturated heterocycles. The van der Waals surface area contributed by atoms with Gasteiger partial charge in [-0.3, -0.25) is 4.79 Å². The monoisotopic (exact) mass is 215 g/mol. The van der Waals surface area contributed by atoms with Crippen molar-refractivity contribution in [3.63, 3.8) is 0 Å². The second-order valence-electron chi connectivity index (χ2n) is 3.89. The maximum atomic E-state index is 11.8. The first-order chi connectivity index (χ1) is 7.25. The van der Waals surface area contributed by atoms with Crippen LogP contribution in [0, 0.1) is 5.41 Å². The van der Waals surface area contributed by atoms with E-state index in [1.54, 1.807) is 0 Å². The molecule has 1 heterocycles. The summed E-state index contributed by atoms with van der Waals surface area (Å²) in [5.74, 6) is -0.0743. The Kier molecular flexibility index (Phi) is 5.05. The van der Waals surface area contributed by atoms with Gasteiger partial charge in [-0.2, -0.15) is 0 Å². The van der Waals surface area contributed by atoms with E-state index in [0.29, 0.717) is 19.8 Å². The van der Waals surface area contributed by atoms with E-state index in [-0.39, 0.29) is 11.4 Å². The fourth-order valence-electron chi connectivity index (χ4n) is 1.85. The summed E-state index contributed by atoms with van der Waals surface area (Å²) in [5.41, 5.74) is -0.286. The fourth-order valence-corrected chi connectivity index (χ4v) is 1.85. The summed E-state index contributed by atoms with van der Waals surface area (Å²) < 4.78 is 10.3. The normalized spacial score (nSPS) is 25.5. The number of ether oxygens (including phenoxy) is 2. The van der Waals surface area contributed by atoms with Gasteiger partial charge >= 0.3 is 5.97 Å². The Bertz CT molecular complexity index is 200. The molecule has 1 aliphatic heterocycles. The molecule has 0 amide bonds. The van der Waals surface area contributed by atoms with Gasteiger partial charge in [0.2, 0.25) is 0 Å². The lowest BCUT2D eigenvalue weighted by Gasteiger charge is -2.23. The smallest absolute Gasteiger partial charge is 0.313 e. The molecule has 15 heavy (non-hydrogen) atoms. The first-order valence-corrected chi connectivity index (χ1v) is 5.71. The summed E-state index contributed by atoms with van der Waals surface area (Å²) in [5, 5.41) is 3.21. The number of rotatable bonds is 6. The number of hydrogen-bond acceptors (Lipinski definition) is 4. The van der Waals surface area contributed by atoms with Crippen LogP contribution in [0.15, 0.2) is 0 Å². The molecule has 1 N–H and O–H groups in total. The molecule has 4 nitrogen and oxygen atoms in total. The highest BCUT2D eigenvalue weighted by molar-refractivity contribution is 5.77. The minimum atomic E-state index is -0.286. The zero-order valence-electron chi connectivity index (χ0n) is 9.67. The van der Waals surface area contributed by atoms with Gasteiger partial charge in [0.25, 0.3) is 0 Å². The molecule has 1 rings (SSSR count). The summed E-state index contributed by atoms with van der Waals surface area (Å²) >= 11 is 0. The van der Waals surface area contributed by atoms with Crippen LogP contribution in [0.1, 0.15) is 26.7 Å². The van der Waals surface area contributed by atoms with Crippen LogP contribution in [0.5, 0.6) is 0 Å². The predicted octanol–water partition coefficient (Wildman–Crippen LogP) is 0.956. The van der Waals surface area contributed by atoms with Crippen molar-refractivity contribution in [2.75, 3.05) is 32.9 Å². The zero-order valence-corrected chi connectivity index (χ0v) is 9.67. The largest absolute Gasteiger partial charge is 0.463 e. The lowest BCUT2D eigenvalue weighted by atomic mass is 9.84. The fraction of sp³-hybridized carbons (Fsp3) is 0.909. The first-order valence-electron chi connectivity index (χ1n) is 5.71. The van der Waals surface area contributed by atoms with Crippen LogP contribution in [0.2, 0.25) is 0 Å². The predicted molar refractivity (Wildman–Crippen MR) is 57.7 cm³/mol. The van der Waals surface area contributed by atoms with Gasteiger partial charge in [-0.15, -0.1) is 0 Å². The molecule has 0 aromatic carbocycles. The molecule has 1 aliphatic rings. The molecule has 4 heteroatoms. The Morgan fingerprint density at radius 2 is 2.20 bits per heavy atom. The molecule has 1 fully saturated rings. The van der Waals surface area contributed by atoms with Crippen LogP contribution in [-0.4, -0.2) is 38.9 Å². The van der Waals surface area contributed by atoms with Crippen LogP contribution in [0.3, 0.4) is 0 Å². The third-order valence-electron chi connectivity index (χ3n) is 3.02. The van der Waals surface area contributed by atoms with Crippen molar-refractivity contribution in [3.8, 4) is 0 Å². The van der Waals surface area contributed by atoms with Gasteiger partial charge in [-0.05, 0) is 26.3 Å². The standard InChI is InChI=1S/C11H21NO3/c1-3-11(5-6-12-9-11)10(13)15-8-7-14-4-2/h12H,3-9H2,1-2H3. The van der Waals surface area contributed by atoms with Gasteiger partial charge in [-0.1, -0.05) is 6.92 Å². The Hall–Kier alpha value is -0.610. The van der Waals surface area contributed by atoms with E-state index in [2.05, 4.69) is 5.32 Å². The van der Waals surface area contributed by atoms with Crippen LogP contribution in [-0.2, 0) is 14.3 Å². The van der Waals surface area contributed by atoms with E-state index in [4.69, 9.17) is 9.47 Å². The number of carbonyl (C=O) groups excluding carboxylic acids is 1. The SMILES string of the molecule is CCOCCOC(=O)C1(CC)CCNC1. The van der Waals surface area contributed by atoms with Crippen molar-refractivity contribution >= 4 is 5.97 Å². The molecule has 0 bridgehead atoms. The quantitative estimate of drug-likeness (QED) is 0.529. The average Bonchev–Trinajstić information content (AvgIpc) is 2.74. The molecule has 0 aliphatic carbocycles. The molecular formula is C11H21NO3. The number of hydrogen-bond donors (Lipinski definition) is 1. The number of esters is 1. The van der Waals surface area contributed by atoms with Gasteiger partial charge in [0.05, 0.1) is 12.0 Å². The van der Waals surface area contributed by atoms with Crippen molar-refractivity contribution in [2.24, 2.45) is 5.41 Å². The maximum Gasteiger partial charge on any atom is 0.313 e. The zero-order chi connectivity index (χ0) is 11.1. The van der Waals surface area contributed by atoms with E-state index >= 15 is 0 Å². The molecule has 0 spiro atoms. The van der Waals surface area contributed by atoms with E-state index in [9.17, 15) is 4.79 Å². The van der Waals surface area contributed by atoms with Crippen molar-refractivity contribution < 1.29 is 14.3 Å². The Morgan fingerprint density at radius 1 is 1.40 bits per heavy atom. The van der Waals surface area contributed by atoms with Crippen LogP contribution in [0.25, 0.3) is 0 Å². The summed E-state index contributed by atoms with van der Waals surface area (Å²) in [4.78, 5) is 11.8. The molecule has 1 unspecified atom stereocenters. The van der Waals surface area contributed by atoms with E-state index in [1.807, 2.05) is 13.8 Å². The molecule has 88 valence electrons. The van der Waals surface area contributed by atoms with Gasteiger partial charge in [0, 0.05) is 13.2 Å². The molecular weight excluding hydrogens is 194 g/mol. The second-order valence-corrected chi connectivity index (χ2v) is 3.89. The second kappa shape index (κ2) is 6.08. The van der Waals surface area contributed by atoms with Crippen molar-refractivity contribution in [1.82, 2.24) is 5.32 Å². The van der Waals surface area contributed by atoms with Crippen LogP contribution >= 0.6 is 0 Å². The van der Waals surface area contributed by atoms with Gasteiger partial charge in [-0.25, -0.2) is 0 Å². The lowest BCUT2D eigenvalue weighted by Crippen LogP contribution is -2.35. The van der Waals surface area contributed by atoms with E-state index in [0.717, 1.165) is 25.9 Å². The summed E-state index contributed by atoms with van der Waals surface area (Å²) in [7, 11) is 0. The topological polar surface area (TPSA) is 47.6 Å². The molecule has 1 atom stereocenters. The van der Waals surface area contributed by atoms with Crippen LogP contribution < -0.4 is 5.32 Å². The maximum absolute atomic E-state index is 11.8. The highest BCUT2D eigenvalue weighted by atomic mass is 16.6. The Morgan fingerprint density at radius 3 is 2.73 bits per heavy atom. The molecule has 0 aromatic rings. The summed E-state index contributed by atoms with van der Waals surface area (Å²) in [6.45, 7) is 7.15. The van der Waals surface area contributed by atoms with Crippen molar-refractivity contribution in [2.45, 2.75) is 26.7 Å². The highest BCUT2D eigenvalue weighted by Crippen LogP contribution is 2.30. The van der Waals surface area contributed by atoms with Crippen molar-refractivity contribution in [3.05, 3.63) is 0 Å². The lowest BCUT2D eigenvalue weighted by molar-refractivity contribution is -0.156. The minimum absolute atomic E-state index is 0.0743. The average molecular weight is 215 g/mol. The highest BCUT2D eigenvalue weighted by Gasteiger charge is 2.40. The molecule has 0 aromatic heterocycles. The summed E-state index contributed by atoms with van der Waals surface area (Å²) in [6, 6.07) is 0. The number of nitrogens with one attached hydrogen (secondary N) is 1. The van der Waals surface area contributed by atoms with E-state index < -0.39 is 0 Å². The Labute approximate surface area is 91.3 Å². The van der Waals surface area contributed by atoms with Crippen molar-refractivity contribution in [1.29, 1.82) is 0 Å².